The van der Waals surface area contributed by atoms with Gasteiger partial charge >= 0.3 is 6.03 Å². The first-order chi connectivity index (χ1) is 4.09. The van der Waals surface area contributed by atoms with Gasteiger partial charge in [0.1, 0.15) is 0 Å². The van der Waals surface area contributed by atoms with Crippen LogP contribution in [0.5, 0.6) is 0 Å². The topological polar surface area (TPSA) is 32.3 Å². The molecule has 54 valence electrons. The number of nitrogens with one attached hydrogen (secondary N) is 1. The first-order valence-electron chi connectivity index (χ1n) is 3.04. The van der Waals surface area contributed by atoms with Gasteiger partial charge in [-0.15, -0.1) is 0 Å². The van der Waals surface area contributed by atoms with Crippen molar-refractivity contribution in [1.29, 1.82) is 0 Å². The van der Waals surface area contributed by atoms with E-state index in [1.165, 1.54) is 0 Å². The number of nitrogens with zero attached hydrogens (tertiary/aromatic N) is 1. The lowest BCUT2D eigenvalue weighted by atomic mass is 10.4. The van der Waals surface area contributed by atoms with Crippen molar-refractivity contribution in [2.24, 2.45) is 0 Å². The molecule has 0 spiro atoms. The van der Waals surface area contributed by atoms with Gasteiger partial charge < -0.3 is 10.2 Å². The van der Waals surface area contributed by atoms with Gasteiger partial charge in [-0.05, 0) is 13.8 Å². The second-order valence-electron chi connectivity index (χ2n) is 2.26. The fraction of sp³-hybridized carbons (Fsp3) is 0.833. The van der Waals surface area contributed by atoms with Gasteiger partial charge in [-0.2, -0.15) is 0 Å². The molecule has 3 heteroatoms. The molecular weight excluding hydrogens is 116 g/mol. The Morgan fingerprint density at radius 1 is 1.56 bits per heavy atom. The molecule has 0 aliphatic rings. The van der Waals surface area contributed by atoms with E-state index in [1.807, 2.05) is 13.8 Å². The molecule has 0 atom stereocenters. The monoisotopic (exact) mass is 130 g/mol. The summed E-state index contributed by atoms with van der Waals surface area (Å²) in [7, 11) is 3.39. The maximum absolute atomic E-state index is 10.8. The molecule has 0 saturated carbocycles. The number of amides is 2. The lowest BCUT2D eigenvalue weighted by Crippen LogP contribution is -2.39. The molecule has 0 aliphatic carbocycles. The van der Waals surface area contributed by atoms with Crippen molar-refractivity contribution in [1.82, 2.24) is 10.2 Å². The van der Waals surface area contributed by atoms with Crippen molar-refractivity contribution < 1.29 is 4.79 Å². The zero-order valence-electron chi connectivity index (χ0n) is 6.43. The minimum Gasteiger partial charge on any atom is -0.341 e. The summed E-state index contributed by atoms with van der Waals surface area (Å²) in [5, 5.41) is 2.53. The number of rotatable bonds is 1. The standard InChI is InChI=1S/C6H14N2O/c1-5(2)8(4)6(9)7-3/h5H,1-4H3,(H,7,9). The predicted octanol–water partition coefficient (Wildman–Crippen LogP) is 0.666. The molecular formula is C6H14N2O. The van der Waals surface area contributed by atoms with Gasteiger partial charge in [-0.25, -0.2) is 4.79 Å². The van der Waals surface area contributed by atoms with E-state index in [4.69, 9.17) is 0 Å². The summed E-state index contributed by atoms with van der Waals surface area (Å²) in [6.45, 7) is 3.94. The number of hydrogen-bond acceptors (Lipinski definition) is 1. The van der Waals surface area contributed by atoms with E-state index in [9.17, 15) is 4.79 Å². The Hall–Kier alpha value is -0.730. The smallest absolute Gasteiger partial charge is 0.317 e. The van der Waals surface area contributed by atoms with E-state index in [2.05, 4.69) is 5.32 Å². The highest BCUT2D eigenvalue weighted by Gasteiger charge is 2.07. The van der Waals surface area contributed by atoms with E-state index < -0.39 is 0 Å². The molecule has 0 rings (SSSR count). The highest BCUT2D eigenvalue weighted by atomic mass is 16.2. The Labute approximate surface area is 56.0 Å². The molecule has 2 amide bonds. The van der Waals surface area contributed by atoms with E-state index in [-0.39, 0.29) is 12.1 Å². The summed E-state index contributed by atoms with van der Waals surface area (Å²) in [5.41, 5.74) is 0. The van der Waals surface area contributed by atoms with Crippen LogP contribution in [-0.4, -0.2) is 31.1 Å². The molecule has 9 heavy (non-hydrogen) atoms. The normalized spacial score (nSPS) is 9.44. The molecule has 0 fully saturated rings. The SMILES string of the molecule is CNC(=O)N(C)C(C)C. The van der Waals surface area contributed by atoms with Gasteiger partial charge in [0.15, 0.2) is 0 Å². The molecule has 0 unspecified atom stereocenters. The molecule has 0 aromatic carbocycles. The second-order valence-corrected chi connectivity index (χ2v) is 2.26. The van der Waals surface area contributed by atoms with Crippen LogP contribution in [0.25, 0.3) is 0 Å². The maximum Gasteiger partial charge on any atom is 0.317 e. The minimum atomic E-state index is -0.0370. The summed E-state index contributed by atoms with van der Waals surface area (Å²) in [6.07, 6.45) is 0. The Balaban J connectivity index is 3.72. The molecule has 0 aromatic heterocycles. The van der Waals surface area contributed by atoms with Crippen molar-refractivity contribution >= 4 is 6.03 Å². The highest BCUT2D eigenvalue weighted by Crippen LogP contribution is 1.91. The van der Waals surface area contributed by atoms with Crippen LogP contribution in [0.1, 0.15) is 13.8 Å². The minimum absolute atomic E-state index is 0.0370. The van der Waals surface area contributed by atoms with Crippen molar-refractivity contribution in [2.45, 2.75) is 19.9 Å². The van der Waals surface area contributed by atoms with Crippen LogP contribution in [0.4, 0.5) is 4.79 Å². The third kappa shape index (κ3) is 2.35. The van der Waals surface area contributed by atoms with Gasteiger partial charge in [0.2, 0.25) is 0 Å². The quantitative estimate of drug-likeness (QED) is 0.555. The lowest BCUT2D eigenvalue weighted by molar-refractivity contribution is 0.200. The fourth-order valence-corrected chi connectivity index (χ4v) is 0.411. The summed E-state index contributed by atoms with van der Waals surface area (Å²) >= 11 is 0. The molecule has 0 saturated heterocycles. The van der Waals surface area contributed by atoms with Crippen LogP contribution in [0.2, 0.25) is 0 Å². The van der Waals surface area contributed by atoms with Gasteiger partial charge in [0.05, 0.1) is 0 Å². The molecule has 0 heterocycles. The molecule has 0 radical (unpaired) electrons. The van der Waals surface area contributed by atoms with Crippen molar-refractivity contribution in [3.63, 3.8) is 0 Å². The van der Waals surface area contributed by atoms with Gasteiger partial charge in [0.25, 0.3) is 0 Å². The van der Waals surface area contributed by atoms with Crippen molar-refractivity contribution in [3.05, 3.63) is 0 Å². The largest absolute Gasteiger partial charge is 0.341 e. The Morgan fingerprint density at radius 3 is 2.11 bits per heavy atom. The Morgan fingerprint density at radius 2 is 2.00 bits per heavy atom. The summed E-state index contributed by atoms with van der Waals surface area (Å²) in [6, 6.07) is 0.231. The Kier molecular flexibility index (Phi) is 3.06. The van der Waals surface area contributed by atoms with E-state index in [0.29, 0.717) is 0 Å². The van der Waals surface area contributed by atoms with Crippen molar-refractivity contribution in [2.75, 3.05) is 14.1 Å². The van der Waals surface area contributed by atoms with Crippen LogP contribution >= 0.6 is 0 Å². The van der Waals surface area contributed by atoms with Crippen LogP contribution in [0, 0.1) is 0 Å². The number of carbonyl (C=O) groups is 1. The average Bonchev–Trinajstić information content (AvgIpc) is 1.84. The zero-order chi connectivity index (χ0) is 7.44. The van der Waals surface area contributed by atoms with E-state index in [1.54, 1.807) is 19.0 Å². The Bertz CT molecular complexity index is 101. The van der Waals surface area contributed by atoms with Crippen LogP contribution in [0.15, 0.2) is 0 Å². The molecule has 0 aromatic rings. The fourth-order valence-electron chi connectivity index (χ4n) is 0.411. The maximum atomic E-state index is 10.8. The molecule has 3 nitrogen and oxygen atoms in total. The van der Waals surface area contributed by atoms with E-state index >= 15 is 0 Å². The lowest BCUT2D eigenvalue weighted by Gasteiger charge is -2.20. The first-order valence-corrected chi connectivity index (χ1v) is 3.04. The molecule has 0 aliphatic heterocycles. The zero-order valence-corrected chi connectivity index (χ0v) is 6.43. The number of hydrogen-bond donors (Lipinski definition) is 1. The van der Waals surface area contributed by atoms with Crippen molar-refractivity contribution in [3.8, 4) is 0 Å². The van der Waals surface area contributed by atoms with Crippen LogP contribution in [-0.2, 0) is 0 Å². The summed E-state index contributed by atoms with van der Waals surface area (Å²) in [4.78, 5) is 12.4. The first kappa shape index (κ1) is 8.27. The number of carbonyl (C=O) groups excluding carboxylic acids is 1. The average molecular weight is 130 g/mol. The van der Waals surface area contributed by atoms with Crippen LogP contribution in [0.3, 0.4) is 0 Å². The molecule has 0 bridgehead atoms. The van der Waals surface area contributed by atoms with Gasteiger partial charge in [-0.3, -0.25) is 0 Å². The highest BCUT2D eigenvalue weighted by molar-refractivity contribution is 5.73. The number of urea groups is 1. The molecule has 1 N–H and O–H groups in total. The summed E-state index contributed by atoms with van der Waals surface area (Å²) in [5.74, 6) is 0. The summed E-state index contributed by atoms with van der Waals surface area (Å²) < 4.78 is 0. The predicted molar refractivity (Wildman–Crippen MR) is 37.4 cm³/mol. The second kappa shape index (κ2) is 3.33. The van der Waals surface area contributed by atoms with Gasteiger partial charge in [-0.1, -0.05) is 0 Å². The van der Waals surface area contributed by atoms with E-state index in [0.717, 1.165) is 0 Å². The third-order valence-electron chi connectivity index (χ3n) is 1.31. The van der Waals surface area contributed by atoms with Crippen LogP contribution < -0.4 is 5.32 Å². The van der Waals surface area contributed by atoms with Gasteiger partial charge in [0, 0.05) is 20.1 Å². The third-order valence-corrected chi connectivity index (χ3v) is 1.31.